The minimum Gasteiger partial charge on any atom is -0.342 e. The molecule has 1 aliphatic heterocycles. The summed E-state index contributed by atoms with van der Waals surface area (Å²) in [6.07, 6.45) is 3.71. The lowest BCUT2D eigenvalue weighted by molar-refractivity contribution is 0.212. The van der Waals surface area contributed by atoms with E-state index in [0.29, 0.717) is 6.04 Å². The fourth-order valence-electron chi connectivity index (χ4n) is 2.55. The van der Waals surface area contributed by atoms with E-state index in [-0.39, 0.29) is 0 Å². The molecule has 0 spiro atoms. The molecular formula is C14H17N3. The zero-order valence-electron chi connectivity index (χ0n) is 10.3. The Balaban J connectivity index is 2.08. The maximum Gasteiger partial charge on any atom is 0.0484 e. The van der Waals surface area contributed by atoms with Crippen LogP contribution in [0, 0.1) is 0 Å². The Labute approximate surface area is 102 Å². The Morgan fingerprint density at radius 2 is 1.88 bits per heavy atom. The van der Waals surface area contributed by atoms with Crippen molar-refractivity contribution in [1.29, 1.82) is 0 Å². The maximum absolute atomic E-state index is 4.08. The van der Waals surface area contributed by atoms with Crippen LogP contribution in [0.3, 0.4) is 0 Å². The fraction of sp³-hybridized carbons (Fsp3) is 0.357. The molecule has 0 aromatic carbocycles. The standard InChI is InChI=1S/C14H17N3/c1-11-13-3-4-14(12-5-7-15-8-6-12)17(13)10-9-16(11)2/h3-8,11H,9-10H2,1-2H3. The molecule has 3 heterocycles. The third-order valence-electron chi connectivity index (χ3n) is 3.76. The molecule has 0 bridgehead atoms. The van der Waals surface area contributed by atoms with Gasteiger partial charge in [0.25, 0.3) is 0 Å². The van der Waals surface area contributed by atoms with Gasteiger partial charge in [0, 0.05) is 48.5 Å². The molecule has 0 N–H and O–H groups in total. The SMILES string of the molecule is CC1c2ccc(-c3ccncc3)n2CCN1C. The topological polar surface area (TPSA) is 21.1 Å². The molecule has 3 rings (SSSR count). The second-order valence-corrected chi connectivity index (χ2v) is 4.69. The molecule has 0 amide bonds. The lowest BCUT2D eigenvalue weighted by Crippen LogP contribution is -2.33. The van der Waals surface area contributed by atoms with Gasteiger partial charge < -0.3 is 4.57 Å². The second kappa shape index (κ2) is 4.00. The molecule has 0 fully saturated rings. The van der Waals surface area contributed by atoms with Crippen molar-refractivity contribution in [2.24, 2.45) is 0 Å². The molecule has 0 radical (unpaired) electrons. The molecule has 0 saturated heterocycles. The van der Waals surface area contributed by atoms with Crippen molar-refractivity contribution in [3.63, 3.8) is 0 Å². The van der Waals surface area contributed by atoms with E-state index in [2.05, 4.69) is 52.7 Å². The van der Waals surface area contributed by atoms with Crippen LogP contribution in [0.25, 0.3) is 11.3 Å². The summed E-state index contributed by atoms with van der Waals surface area (Å²) in [7, 11) is 2.19. The van der Waals surface area contributed by atoms with Crippen molar-refractivity contribution in [3.8, 4) is 11.3 Å². The largest absolute Gasteiger partial charge is 0.342 e. The van der Waals surface area contributed by atoms with Crippen LogP contribution in [0.15, 0.2) is 36.7 Å². The zero-order chi connectivity index (χ0) is 11.8. The maximum atomic E-state index is 4.08. The fourth-order valence-corrected chi connectivity index (χ4v) is 2.55. The van der Waals surface area contributed by atoms with Crippen LogP contribution in [0.1, 0.15) is 18.7 Å². The van der Waals surface area contributed by atoms with E-state index in [0.717, 1.165) is 13.1 Å². The first-order valence-electron chi connectivity index (χ1n) is 6.07. The molecule has 88 valence electrons. The molecule has 1 aliphatic rings. The Morgan fingerprint density at radius 1 is 1.12 bits per heavy atom. The van der Waals surface area contributed by atoms with Gasteiger partial charge in [0.2, 0.25) is 0 Å². The number of fused-ring (bicyclic) bond motifs is 1. The van der Waals surface area contributed by atoms with Crippen LogP contribution in [0.2, 0.25) is 0 Å². The molecular weight excluding hydrogens is 210 g/mol. The van der Waals surface area contributed by atoms with Crippen molar-refractivity contribution in [2.75, 3.05) is 13.6 Å². The van der Waals surface area contributed by atoms with E-state index in [1.807, 2.05) is 12.4 Å². The summed E-state index contributed by atoms with van der Waals surface area (Å²) in [4.78, 5) is 6.47. The van der Waals surface area contributed by atoms with E-state index in [1.54, 1.807) is 0 Å². The van der Waals surface area contributed by atoms with Gasteiger partial charge in [-0.25, -0.2) is 0 Å². The highest BCUT2D eigenvalue weighted by molar-refractivity contribution is 5.60. The Kier molecular flexibility index (Phi) is 2.48. The van der Waals surface area contributed by atoms with Crippen molar-refractivity contribution in [3.05, 3.63) is 42.4 Å². The van der Waals surface area contributed by atoms with Crippen LogP contribution in [-0.4, -0.2) is 28.0 Å². The van der Waals surface area contributed by atoms with Crippen molar-refractivity contribution >= 4 is 0 Å². The average molecular weight is 227 g/mol. The zero-order valence-corrected chi connectivity index (χ0v) is 10.3. The van der Waals surface area contributed by atoms with Gasteiger partial charge in [-0.05, 0) is 38.2 Å². The third kappa shape index (κ3) is 1.67. The highest BCUT2D eigenvalue weighted by Crippen LogP contribution is 2.30. The Hall–Kier alpha value is -1.61. The molecule has 1 unspecified atom stereocenters. The Bertz CT molecular complexity index is 516. The highest BCUT2D eigenvalue weighted by atomic mass is 15.2. The quantitative estimate of drug-likeness (QED) is 0.746. The van der Waals surface area contributed by atoms with Crippen LogP contribution >= 0.6 is 0 Å². The number of aromatic nitrogens is 2. The first-order chi connectivity index (χ1) is 8.27. The van der Waals surface area contributed by atoms with Gasteiger partial charge >= 0.3 is 0 Å². The smallest absolute Gasteiger partial charge is 0.0484 e. The molecule has 2 aromatic rings. The predicted molar refractivity (Wildman–Crippen MR) is 68.7 cm³/mol. The average Bonchev–Trinajstić information content (AvgIpc) is 2.79. The molecule has 17 heavy (non-hydrogen) atoms. The summed E-state index contributed by atoms with van der Waals surface area (Å²) < 4.78 is 2.43. The van der Waals surface area contributed by atoms with E-state index >= 15 is 0 Å². The van der Waals surface area contributed by atoms with E-state index in [1.165, 1.54) is 17.0 Å². The van der Waals surface area contributed by atoms with Gasteiger partial charge in [-0.2, -0.15) is 0 Å². The van der Waals surface area contributed by atoms with Crippen LogP contribution in [0.4, 0.5) is 0 Å². The third-order valence-corrected chi connectivity index (χ3v) is 3.76. The molecule has 0 aliphatic carbocycles. The van der Waals surface area contributed by atoms with Gasteiger partial charge in [0.1, 0.15) is 0 Å². The van der Waals surface area contributed by atoms with Crippen molar-refractivity contribution in [1.82, 2.24) is 14.5 Å². The van der Waals surface area contributed by atoms with Gasteiger partial charge in [0.05, 0.1) is 0 Å². The first-order valence-corrected chi connectivity index (χ1v) is 6.07. The molecule has 0 saturated carbocycles. The van der Waals surface area contributed by atoms with Crippen LogP contribution in [0.5, 0.6) is 0 Å². The number of likely N-dealkylation sites (N-methyl/N-ethyl adjacent to an activating group) is 1. The lowest BCUT2D eigenvalue weighted by Gasteiger charge is -2.32. The molecule has 3 nitrogen and oxygen atoms in total. The van der Waals surface area contributed by atoms with Gasteiger partial charge in [0.15, 0.2) is 0 Å². The summed E-state index contributed by atoms with van der Waals surface area (Å²) in [6, 6.07) is 9.12. The van der Waals surface area contributed by atoms with Crippen LogP contribution < -0.4 is 0 Å². The minimum absolute atomic E-state index is 0.499. The number of hydrogen-bond donors (Lipinski definition) is 0. The van der Waals surface area contributed by atoms with E-state index < -0.39 is 0 Å². The van der Waals surface area contributed by atoms with Crippen molar-refractivity contribution in [2.45, 2.75) is 19.5 Å². The highest BCUT2D eigenvalue weighted by Gasteiger charge is 2.22. The first kappa shape index (κ1) is 10.5. The Morgan fingerprint density at radius 3 is 2.65 bits per heavy atom. The summed E-state index contributed by atoms with van der Waals surface area (Å²) in [6.45, 7) is 4.45. The summed E-state index contributed by atoms with van der Waals surface area (Å²) in [5.74, 6) is 0. The van der Waals surface area contributed by atoms with Crippen molar-refractivity contribution < 1.29 is 0 Å². The van der Waals surface area contributed by atoms with Gasteiger partial charge in [-0.1, -0.05) is 0 Å². The predicted octanol–water partition coefficient (Wildman–Crippen LogP) is 2.56. The van der Waals surface area contributed by atoms with E-state index in [9.17, 15) is 0 Å². The number of pyridine rings is 1. The van der Waals surface area contributed by atoms with Gasteiger partial charge in [-0.3, -0.25) is 9.88 Å². The molecule has 3 heteroatoms. The van der Waals surface area contributed by atoms with Gasteiger partial charge in [-0.15, -0.1) is 0 Å². The summed E-state index contributed by atoms with van der Waals surface area (Å²) in [5, 5.41) is 0. The van der Waals surface area contributed by atoms with E-state index in [4.69, 9.17) is 0 Å². The molecule has 1 atom stereocenters. The number of nitrogens with zero attached hydrogens (tertiary/aromatic N) is 3. The lowest BCUT2D eigenvalue weighted by atomic mass is 10.1. The number of rotatable bonds is 1. The minimum atomic E-state index is 0.499. The monoisotopic (exact) mass is 227 g/mol. The normalized spacial score (nSPS) is 20.2. The van der Waals surface area contributed by atoms with Crippen LogP contribution in [-0.2, 0) is 6.54 Å². The molecule has 2 aromatic heterocycles. The number of hydrogen-bond acceptors (Lipinski definition) is 2. The second-order valence-electron chi connectivity index (χ2n) is 4.69. The summed E-state index contributed by atoms with van der Waals surface area (Å²) >= 11 is 0. The summed E-state index contributed by atoms with van der Waals surface area (Å²) in [5.41, 5.74) is 3.97.